The third-order valence-electron chi connectivity index (χ3n) is 5.51. The molecule has 0 bridgehead atoms. The quantitative estimate of drug-likeness (QED) is 0.476. The lowest BCUT2D eigenvalue weighted by molar-refractivity contribution is -0.385. The molecule has 2 aromatic carbocycles. The molecule has 2 heterocycles. The Morgan fingerprint density at radius 1 is 1.03 bits per heavy atom. The molecule has 4 rings (SSSR count). The number of anilines is 1. The van der Waals surface area contributed by atoms with Gasteiger partial charge in [-0.3, -0.25) is 14.9 Å². The molecule has 0 unspecified atom stereocenters. The van der Waals surface area contributed by atoms with Gasteiger partial charge in [0.1, 0.15) is 0 Å². The lowest BCUT2D eigenvalue weighted by Crippen LogP contribution is -2.36. The van der Waals surface area contributed by atoms with Gasteiger partial charge in [-0.25, -0.2) is 8.42 Å². The second kappa shape index (κ2) is 8.09. The Morgan fingerprint density at radius 3 is 2.47 bits per heavy atom. The van der Waals surface area contributed by atoms with Gasteiger partial charge in [0.2, 0.25) is 10.0 Å². The number of sulfonamides is 1. The fourth-order valence-corrected chi connectivity index (χ4v) is 5.92. The van der Waals surface area contributed by atoms with Crippen LogP contribution in [0.1, 0.15) is 35.2 Å². The Labute approximate surface area is 182 Å². The molecule has 0 N–H and O–H groups in total. The van der Waals surface area contributed by atoms with Crippen LogP contribution in [0.5, 0.6) is 0 Å². The summed E-state index contributed by atoms with van der Waals surface area (Å²) in [7, 11) is -3.53. The van der Waals surface area contributed by atoms with Crippen molar-refractivity contribution >= 4 is 43.2 Å². The fourth-order valence-electron chi connectivity index (χ4n) is 3.96. The number of benzene rings is 2. The third kappa shape index (κ3) is 3.75. The van der Waals surface area contributed by atoms with Crippen molar-refractivity contribution in [1.29, 1.82) is 0 Å². The van der Waals surface area contributed by atoms with E-state index in [4.69, 9.17) is 0 Å². The van der Waals surface area contributed by atoms with Crippen molar-refractivity contribution in [2.45, 2.75) is 30.6 Å². The number of carbonyl (C=O) groups excluding carboxylic acids is 1. The summed E-state index contributed by atoms with van der Waals surface area (Å²) in [5.74, 6) is -0.346. The second-order valence-electron chi connectivity index (χ2n) is 7.39. The van der Waals surface area contributed by atoms with E-state index in [9.17, 15) is 23.3 Å². The highest BCUT2D eigenvalue weighted by molar-refractivity contribution is 9.10. The molecule has 0 radical (unpaired) electrons. The van der Waals surface area contributed by atoms with Crippen LogP contribution in [-0.4, -0.2) is 43.2 Å². The number of carbonyl (C=O) groups is 1. The molecule has 158 valence electrons. The first-order valence-electron chi connectivity index (χ1n) is 9.68. The van der Waals surface area contributed by atoms with Crippen LogP contribution in [-0.2, 0) is 16.4 Å². The van der Waals surface area contributed by atoms with Crippen LogP contribution in [0, 0.1) is 10.1 Å². The molecule has 0 atom stereocenters. The zero-order valence-corrected chi connectivity index (χ0v) is 18.5. The van der Waals surface area contributed by atoms with Gasteiger partial charge in [0.15, 0.2) is 0 Å². The molecule has 1 fully saturated rings. The summed E-state index contributed by atoms with van der Waals surface area (Å²) in [6.07, 6.45) is 3.09. The van der Waals surface area contributed by atoms with Crippen LogP contribution in [0.2, 0.25) is 0 Å². The van der Waals surface area contributed by atoms with Crippen molar-refractivity contribution in [3.8, 4) is 0 Å². The molecule has 2 aliphatic rings. The monoisotopic (exact) mass is 493 g/mol. The summed E-state index contributed by atoms with van der Waals surface area (Å²) < 4.78 is 27.5. The topological polar surface area (TPSA) is 101 Å². The zero-order valence-electron chi connectivity index (χ0n) is 16.1. The van der Waals surface area contributed by atoms with E-state index in [2.05, 4.69) is 15.9 Å². The minimum absolute atomic E-state index is 0.176. The molecule has 30 heavy (non-hydrogen) atoms. The average molecular weight is 494 g/mol. The van der Waals surface area contributed by atoms with Crippen molar-refractivity contribution in [3.63, 3.8) is 0 Å². The number of nitro benzene ring substituents is 1. The van der Waals surface area contributed by atoms with Gasteiger partial charge in [0.25, 0.3) is 11.6 Å². The van der Waals surface area contributed by atoms with E-state index in [-0.39, 0.29) is 22.1 Å². The second-order valence-corrected chi connectivity index (χ2v) is 10.2. The van der Waals surface area contributed by atoms with E-state index < -0.39 is 14.9 Å². The average Bonchev–Trinajstić information content (AvgIpc) is 3.28. The van der Waals surface area contributed by atoms with E-state index in [0.29, 0.717) is 42.6 Å². The van der Waals surface area contributed by atoms with Crippen LogP contribution in [0.3, 0.4) is 0 Å². The minimum atomic E-state index is -3.53. The van der Waals surface area contributed by atoms with Gasteiger partial charge in [-0.05, 0) is 77.5 Å². The van der Waals surface area contributed by atoms with Crippen LogP contribution >= 0.6 is 15.9 Å². The van der Waals surface area contributed by atoms with E-state index >= 15 is 0 Å². The van der Waals surface area contributed by atoms with Gasteiger partial charge in [-0.15, -0.1) is 0 Å². The lowest BCUT2D eigenvalue weighted by Gasteiger charge is -2.30. The Bertz CT molecular complexity index is 1130. The maximum atomic E-state index is 13.1. The summed E-state index contributed by atoms with van der Waals surface area (Å²) in [6.45, 7) is 1.53. The molecule has 2 aliphatic heterocycles. The maximum absolute atomic E-state index is 13.1. The highest BCUT2D eigenvalue weighted by Crippen LogP contribution is 2.33. The molecular weight excluding hydrogens is 474 g/mol. The Kier molecular flexibility index (Phi) is 5.65. The number of hydrogen-bond donors (Lipinski definition) is 0. The van der Waals surface area contributed by atoms with Crippen molar-refractivity contribution in [2.75, 3.05) is 24.5 Å². The van der Waals surface area contributed by atoms with Crippen LogP contribution in [0.15, 0.2) is 45.8 Å². The molecule has 2 aromatic rings. The summed E-state index contributed by atoms with van der Waals surface area (Å²) in [5.41, 5.74) is 1.48. The third-order valence-corrected chi connectivity index (χ3v) is 8.07. The van der Waals surface area contributed by atoms with E-state index in [0.717, 1.165) is 18.4 Å². The van der Waals surface area contributed by atoms with Gasteiger partial charge >= 0.3 is 0 Å². The number of aryl methyl sites for hydroxylation is 1. The number of rotatable bonds is 4. The van der Waals surface area contributed by atoms with Crippen molar-refractivity contribution in [2.24, 2.45) is 0 Å². The van der Waals surface area contributed by atoms with Gasteiger partial charge in [-0.2, -0.15) is 4.31 Å². The summed E-state index contributed by atoms with van der Waals surface area (Å²) in [4.78, 5) is 25.6. The molecule has 10 heteroatoms. The predicted molar refractivity (Wildman–Crippen MR) is 115 cm³/mol. The molecular formula is C20H20BrN3O5S. The maximum Gasteiger partial charge on any atom is 0.284 e. The summed E-state index contributed by atoms with van der Waals surface area (Å²) in [5, 5.41) is 11.2. The Morgan fingerprint density at radius 2 is 1.77 bits per heavy atom. The number of fused-ring (bicyclic) bond motifs is 1. The SMILES string of the molecule is O=C(c1ccc(Br)c([N+](=O)[O-])c1)N1CCCc2cc(S(=O)(=O)N3CCCC3)ccc21. The lowest BCUT2D eigenvalue weighted by atomic mass is 10.0. The summed E-state index contributed by atoms with van der Waals surface area (Å²) in [6, 6.07) is 9.16. The standard InChI is InChI=1S/C20H20BrN3O5S/c21-17-7-5-15(13-19(17)24(26)27)20(25)23-11-3-4-14-12-16(6-8-18(14)23)30(28,29)22-9-1-2-10-22/h5-8,12-13H,1-4,9-11H2. The molecule has 0 aromatic heterocycles. The molecule has 0 saturated carbocycles. The molecule has 1 amide bonds. The fraction of sp³-hybridized carbons (Fsp3) is 0.350. The first-order valence-corrected chi connectivity index (χ1v) is 11.9. The number of halogens is 1. The first kappa shape index (κ1) is 21.0. The van der Waals surface area contributed by atoms with Crippen molar-refractivity contribution in [3.05, 3.63) is 62.1 Å². The highest BCUT2D eigenvalue weighted by atomic mass is 79.9. The van der Waals surface area contributed by atoms with Gasteiger partial charge in [-0.1, -0.05) is 0 Å². The summed E-state index contributed by atoms with van der Waals surface area (Å²) >= 11 is 3.13. The van der Waals surface area contributed by atoms with Crippen molar-refractivity contribution in [1.82, 2.24) is 4.31 Å². The molecule has 1 saturated heterocycles. The van der Waals surface area contributed by atoms with E-state index in [1.54, 1.807) is 29.2 Å². The van der Waals surface area contributed by atoms with Gasteiger partial charge in [0, 0.05) is 37.0 Å². The largest absolute Gasteiger partial charge is 0.308 e. The van der Waals surface area contributed by atoms with Crippen LogP contribution < -0.4 is 4.90 Å². The number of amides is 1. The molecule has 0 spiro atoms. The Balaban J connectivity index is 1.67. The Hall–Kier alpha value is -2.30. The molecule has 0 aliphatic carbocycles. The highest BCUT2D eigenvalue weighted by Gasteiger charge is 2.30. The number of hydrogen-bond acceptors (Lipinski definition) is 5. The smallest absolute Gasteiger partial charge is 0.284 e. The van der Waals surface area contributed by atoms with E-state index in [1.165, 1.54) is 16.4 Å². The van der Waals surface area contributed by atoms with Crippen LogP contribution in [0.25, 0.3) is 0 Å². The van der Waals surface area contributed by atoms with E-state index in [1.807, 2.05) is 0 Å². The van der Waals surface area contributed by atoms with Gasteiger partial charge in [0.05, 0.1) is 14.3 Å². The molecule has 8 nitrogen and oxygen atoms in total. The number of nitro groups is 1. The zero-order chi connectivity index (χ0) is 21.5. The first-order chi connectivity index (χ1) is 14.3. The normalized spacial score (nSPS) is 17.0. The number of nitrogens with zero attached hydrogens (tertiary/aromatic N) is 3. The minimum Gasteiger partial charge on any atom is -0.308 e. The van der Waals surface area contributed by atoms with Crippen LogP contribution in [0.4, 0.5) is 11.4 Å². The van der Waals surface area contributed by atoms with Gasteiger partial charge < -0.3 is 4.90 Å². The van der Waals surface area contributed by atoms with Crippen molar-refractivity contribution < 1.29 is 18.1 Å². The predicted octanol–water partition coefficient (Wildman–Crippen LogP) is 3.73.